The molecule has 0 rings (SSSR count). The topological polar surface area (TPSA) is 78.9 Å². The summed E-state index contributed by atoms with van der Waals surface area (Å²) < 4.78 is 16.5. The van der Waals surface area contributed by atoms with Gasteiger partial charge >= 0.3 is 17.9 Å². The maximum atomic E-state index is 12.7. The predicted octanol–water partition coefficient (Wildman–Crippen LogP) is 14.5. The van der Waals surface area contributed by atoms with Crippen LogP contribution in [0.1, 0.15) is 194 Å². The highest BCUT2D eigenvalue weighted by atomic mass is 16.6. The quantitative estimate of drug-likeness (QED) is 0.0268. The van der Waals surface area contributed by atoms with Gasteiger partial charge in [0.2, 0.25) is 0 Å². The standard InChI is InChI=1S/C50H82O6/c1-4-7-10-13-16-19-21-23-24-25-26-27-29-31-34-37-40-43-49(52)55-46-47(45-54-48(51)42-39-36-33-30-18-15-12-9-6-3)56-50(53)44-41-38-35-32-28-22-20-17-14-11-8-5-2/h9,12,17-18,20,23-24,26-27,30-31,34,36,39,47H,4-8,10-11,13-16,19,21-22,25,28-29,32-33,35,37-38,40-46H2,1-3H3/b12-9-,20-17-,24-23-,27-26-,30-18-,34-31-,39-36-. The van der Waals surface area contributed by atoms with E-state index in [9.17, 15) is 14.4 Å². The molecule has 0 aromatic heterocycles. The van der Waals surface area contributed by atoms with Crippen LogP contribution in [-0.4, -0.2) is 37.2 Å². The number of unbranched alkanes of at least 4 members (excludes halogenated alkanes) is 15. The molecule has 0 aromatic carbocycles. The van der Waals surface area contributed by atoms with Crippen LogP contribution in [0.5, 0.6) is 0 Å². The Balaban J connectivity index is 4.51. The molecule has 1 unspecified atom stereocenters. The summed E-state index contributed by atoms with van der Waals surface area (Å²) in [5.74, 6) is -1.13. The van der Waals surface area contributed by atoms with Gasteiger partial charge in [-0.05, 0) is 89.9 Å². The average molecular weight is 779 g/mol. The maximum Gasteiger partial charge on any atom is 0.309 e. The van der Waals surface area contributed by atoms with E-state index in [1.807, 2.05) is 6.08 Å². The molecule has 1 atom stereocenters. The van der Waals surface area contributed by atoms with E-state index in [-0.39, 0.29) is 44.4 Å². The van der Waals surface area contributed by atoms with Crippen LogP contribution in [-0.2, 0) is 28.6 Å². The van der Waals surface area contributed by atoms with Gasteiger partial charge in [0.05, 0.1) is 6.42 Å². The Morgan fingerprint density at radius 2 is 0.786 bits per heavy atom. The van der Waals surface area contributed by atoms with Crippen LogP contribution in [0, 0.1) is 0 Å². The number of ether oxygens (including phenoxy) is 3. The van der Waals surface area contributed by atoms with Gasteiger partial charge in [-0.15, -0.1) is 0 Å². The van der Waals surface area contributed by atoms with Crippen LogP contribution in [0.25, 0.3) is 0 Å². The molecule has 0 fully saturated rings. The van der Waals surface area contributed by atoms with Crippen LogP contribution in [0.4, 0.5) is 0 Å². The molecule has 0 saturated heterocycles. The molecule has 6 heteroatoms. The van der Waals surface area contributed by atoms with Gasteiger partial charge in [0.15, 0.2) is 6.10 Å². The molecule has 56 heavy (non-hydrogen) atoms. The Morgan fingerprint density at radius 3 is 1.36 bits per heavy atom. The van der Waals surface area contributed by atoms with Gasteiger partial charge in [0.1, 0.15) is 13.2 Å². The minimum Gasteiger partial charge on any atom is -0.462 e. The molecule has 0 aliphatic rings. The molecular formula is C50H82O6. The Hall–Kier alpha value is -3.41. The van der Waals surface area contributed by atoms with E-state index in [1.54, 1.807) is 6.08 Å². The third-order valence-electron chi connectivity index (χ3n) is 9.14. The minimum atomic E-state index is -0.834. The van der Waals surface area contributed by atoms with Gasteiger partial charge < -0.3 is 14.2 Å². The van der Waals surface area contributed by atoms with Crippen molar-refractivity contribution in [1.82, 2.24) is 0 Å². The van der Waals surface area contributed by atoms with E-state index in [2.05, 4.69) is 93.7 Å². The number of rotatable bonds is 39. The Bertz CT molecular complexity index is 1120. The molecular weight excluding hydrogens is 697 g/mol. The number of allylic oxidation sites excluding steroid dienone is 13. The van der Waals surface area contributed by atoms with Crippen LogP contribution in [0.3, 0.4) is 0 Å². The van der Waals surface area contributed by atoms with Crippen LogP contribution >= 0.6 is 0 Å². The van der Waals surface area contributed by atoms with E-state index >= 15 is 0 Å². The summed E-state index contributed by atoms with van der Waals surface area (Å²) in [7, 11) is 0. The number of hydrogen-bond donors (Lipinski definition) is 0. The summed E-state index contributed by atoms with van der Waals surface area (Å²) in [6.07, 6.45) is 56.1. The molecule has 318 valence electrons. The molecule has 0 heterocycles. The summed E-state index contributed by atoms with van der Waals surface area (Å²) in [4.78, 5) is 37.6. The zero-order valence-corrected chi connectivity index (χ0v) is 36.1. The molecule has 0 saturated carbocycles. The molecule has 0 bridgehead atoms. The Kier molecular flexibility index (Phi) is 41.6. The third-order valence-corrected chi connectivity index (χ3v) is 9.14. The van der Waals surface area contributed by atoms with Crippen molar-refractivity contribution >= 4 is 17.9 Å². The minimum absolute atomic E-state index is 0.123. The van der Waals surface area contributed by atoms with E-state index in [1.165, 1.54) is 77.0 Å². The largest absolute Gasteiger partial charge is 0.462 e. The second-order valence-corrected chi connectivity index (χ2v) is 14.6. The van der Waals surface area contributed by atoms with Crippen molar-refractivity contribution in [3.8, 4) is 0 Å². The van der Waals surface area contributed by atoms with Gasteiger partial charge in [-0.2, -0.15) is 0 Å². The smallest absolute Gasteiger partial charge is 0.309 e. The predicted molar refractivity (Wildman–Crippen MR) is 237 cm³/mol. The fourth-order valence-electron chi connectivity index (χ4n) is 5.75. The highest BCUT2D eigenvalue weighted by molar-refractivity contribution is 5.72. The summed E-state index contributed by atoms with van der Waals surface area (Å²) in [6, 6.07) is 0. The van der Waals surface area contributed by atoms with Gasteiger partial charge in [0, 0.05) is 12.8 Å². The number of carbonyl (C=O) groups is 3. The van der Waals surface area contributed by atoms with Crippen molar-refractivity contribution in [3.63, 3.8) is 0 Å². The molecule has 0 spiro atoms. The van der Waals surface area contributed by atoms with E-state index < -0.39 is 12.1 Å². The second-order valence-electron chi connectivity index (χ2n) is 14.6. The molecule has 0 aliphatic carbocycles. The van der Waals surface area contributed by atoms with Crippen LogP contribution in [0.15, 0.2) is 85.1 Å². The van der Waals surface area contributed by atoms with E-state index in [0.717, 1.165) is 70.6 Å². The lowest BCUT2D eigenvalue weighted by Crippen LogP contribution is -2.30. The van der Waals surface area contributed by atoms with Crippen molar-refractivity contribution in [2.24, 2.45) is 0 Å². The fraction of sp³-hybridized carbons (Fsp3) is 0.660. The Morgan fingerprint density at radius 1 is 0.393 bits per heavy atom. The molecule has 0 N–H and O–H groups in total. The number of carbonyl (C=O) groups excluding carboxylic acids is 3. The highest BCUT2D eigenvalue weighted by Gasteiger charge is 2.19. The first-order valence-electron chi connectivity index (χ1n) is 22.6. The molecule has 0 amide bonds. The highest BCUT2D eigenvalue weighted by Crippen LogP contribution is 2.11. The van der Waals surface area contributed by atoms with Crippen molar-refractivity contribution in [3.05, 3.63) is 85.1 Å². The first-order chi connectivity index (χ1) is 27.5. The zero-order chi connectivity index (χ0) is 40.8. The lowest BCUT2D eigenvalue weighted by molar-refractivity contribution is -0.166. The van der Waals surface area contributed by atoms with Crippen LogP contribution < -0.4 is 0 Å². The summed E-state index contributed by atoms with van der Waals surface area (Å²) >= 11 is 0. The average Bonchev–Trinajstić information content (AvgIpc) is 3.19. The Labute approximate surface area is 344 Å². The molecule has 0 aromatic rings. The second kappa shape index (κ2) is 44.3. The summed E-state index contributed by atoms with van der Waals surface area (Å²) in [5.41, 5.74) is 0. The summed E-state index contributed by atoms with van der Waals surface area (Å²) in [6.45, 7) is 6.31. The number of hydrogen-bond acceptors (Lipinski definition) is 6. The van der Waals surface area contributed by atoms with Gasteiger partial charge in [0.25, 0.3) is 0 Å². The fourth-order valence-corrected chi connectivity index (χ4v) is 5.75. The van der Waals surface area contributed by atoms with E-state index in [0.29, 0.717) is 6.42 Å². The van der Waals surface area contributed by atoms with Gasteiger partial charge in [-0.3, -0.25) is 14.4 Å². The lowest BCUT2D eigenvalue weighted by atomic mass is 10.1. The zero-order valence-electron chi connectivity index (χ0n) is 36.1. The van der Waals surface area contributed by atoms with Crippen molar-refractivity contribution in [2.45, 2.75) is 200 Å². The van der Waals surface area contributed by atoms with Gasteiger partial charge in [-0.25, -0.2) is 0 Å². The van der Waals surface area contributed by atoms with E-state index in [4.69, 9.17) is 14.2 Å². The molecule has 6 nitrogen and oxygen atoms in total. The lowest BCUT2D eigenvalue weighted by Gasteiger charge is -2.18. The van der Waals surface area contributed by atoms with Crippen LogP contribution in [0.2, 0.25) is 0 Å². The SMILES string of the molecule is CC/C=C\C/C=C\C/C=C\CC(=O)OCC(COC(=O)CCC/C=C\C/C=C\C/C=C\CCCCCCCC)OC(=O)CCCCCCC/C=C\CCCCC. The van der Waals surface area contributed by atoms with Crippen molar-refractivity contribution in [2.75, 3.05) is 13.2 Å². The maximum absolute atomic E-state index is 12.7. The third kappa shape index (κ3) is 41.7. The monoisotopic (exact) mass is 779 g/mol. The first-order valence-corrected chi connectivity index (χ1v) is 22.6. The van der Waals surface area contributed by atoms with Crippen molar-refractivity contribution < 1.29 is 28.6 Å². The summed E-state index contributed by atoms with van der Waals surface area (Å²) in [5, 5.41) is 0. The molecule has 0 aliphatic heterocycles. The first kappa shape index (κ1) is 52.6. The van der Waals surface area contributed by atoms with Crippen molar-refractivity contribution in [1.29, 1.82) is 0 Å². The van der Waals surface area contributed by atoms with Gasteiger partial charge in [-0.1, -0.05) is 170 Å². The number of esters is 3. The normalized spacial score (nSPS) is 12.8. The molecule has 0 radical (unpaired) electrons.